The van der Waals surface area contributed by atoms with Crippen molar-refractivity contribution in [2.24, 2.45) is 7.05 Å². The van der Waals surface area contributed by atoms with Crippen LogP contribution in [0.15, 0.2) is 41.2 Å². The number of amides is 1. The lowest BCUT2D eigenvalue weighted by molar-refractivity contribution is -0.126. The Morgan fingerprint density at radius 3 is 2.83 bits per heavy atom. The zero-order valence-corrected chi connectivity index (χ0v) is 17.5. The Bertz CT molecular complexity index is 999. The van der Waals surface area contributed by atoms with Crippen molar-refractivity contribution in [1.82, 2.24) is 24.6 Å². The van der Waals surface area contributed by atoms with Crippen molar-refractivity contribution in [2.45, 2.75) is 12.6 Å². The summed E-state index contributed by atoms with van der Waals surface area (Å²) in [6.07, 6.45) is 0.155. The van der Waals surface area contributed by atoms with Crippen molar-refractivity contribution < 1.29 is 13.9 Å². The van der Waals surface area contributed by atoms with Crippen molar-refractivity contribution in [3.8, 4) is 11.9 Å². The molecule has 2 aromatic rings. The number of nitrogen functional groups attached to an aromatic ring is 1. The van der Waals surface area contributed by atoms with Gasteiger partial charge < -0.3 is 15.4 Å². The molecule has 152 valence electrons. The highest BCUT2D eigenvalue weighted by atomic mass is 79.9. The van der Waals surface area contributed by atoms with E-state index in [0.29, 0.717) is 10.3 Å². The highest BCUT2D eigenvalue weighted by Gasteiger charge is 2.25. The second-order valence-electron chi connectivity index (χ2n) is 6.07. The third-order valence-electron chi connectivity index (χ3n) is 4.00. The quantitative estimate of drug-likeness (QED) is 0.468. The number of carbonyl (C=O) groups is 1. The molecule has 2 rings (SSSR count). The van der Waals surface area contributed by atoms with E-state index in [-0.39, 0.29) is 35.1 Å². The minimum atomic E-state index is -1.22. The van der Waals surface area contributed by atoms with Crippen LogP contribution in [0, 0.1) is 11.3 Å². The smallest absolute Gasteiger partial charge is 0.259 e. The monoisotopic (exact) mass is 463 g/mol. The summed E-state index contributed by atoms with van der Waals surface area (Å²) in [6.45, 7) is 6.66. The second kappa shape index (κ2) is 9.29. The topological polar surface area (TPSA) is 123 Å². The standard InChI is InChI=1S/C18H19BrFN7O2/c1-10(14(6-20)29-17-16(22)23-8-15(19)24-17)11(2)18(28)26(3)9-13-5-12(7-21)25-27(13)4/h5,8,14H,1-2,6,9H2,3-4H3,(H2,22,23). The first kappa shape index (κ1) is 22.0. The second-order valence-corrected chi connectivity index (χ2v) is 6.88. The molecule has 2 N–H and O–H groups in total. The number of aryl methyl sites for hydroxylation is 1. The molecule has 0 aliphatic rings. The highest BCUT2D eigenvalue weighted by molar-refractivity contribution is 9.10. The van der Waals surface area contributed by atoms with Crippen molar-refractivity contribution in [3.63, 3.8) is 0 Å². The average molecular weight is 464 g/mol. The van der Waals surface area contributed by atoms with Crippen molar-refractivity contribution in [2.75, 3.05) is 19.5 Å². The van der Waals surface area contributed by atoms with Crippen LogP contribution in [-0.2, 0) is 18.4 Å². The first-order chi connectivity index (χ1) is 13.7. The van der Waals surface area contributed by atoms with Crippen LogP contribution in [0.4, 0.5) is 10.2 Å². The Balaban J connectivity index is 2.10. The van der Waals surface area contributed by atoms with Gasteiger partial charge in [-0.05, 0) is 22.0 Å². The van der Waals surface area contributed by atoms with Crippen LogP contribution in [0.25, 0.3) is 0 Å². The molecule has 2 aromatic heterocycles. The van der Waals surface area contributed by atoms with Gasteiger partial charge in [0.2, 0.25) is 0 Å². The highest BCUT2D eigenvalue weighted by Crippen LogP contribution is 2.24. The van der Waals surface area contributed by atoms with Gasteiger partial charge in [-0.3, -0.25) is 9.48 Å². The van der Waals surface area contributed by atoms with Crippen LogP contribution in [0.5, 0.6) is 5.88 Å². The van der Waals surface area contributed by atoms with Crippen LogP contribution < -0.4 is 10.5 Å². The normalized spacial score (nSPS) is 11.4. The van der Waals surface area contributed by atoms with E-state index in [9.17, 15) is 9.18 Å². The Morgan fingerprint density at radius 2 is 2.24 bits per heavy atom. The van der Waals surface area contributed by atoms with E-state index in [2.05, 4.69) is 44.2 Å². The number of hydrogen-bond donors (Lipinski definition) is 1. The van der Waals surface area contributed by atoms with Gasteiger partial charge >= 0.3 is 0 Å². The molecule has 9 nitrogen and oxygen atoms in total. The SMILES string of the molecule is C=C(C(=C)C(CF)Oc1nc(Br)cnc1N)C(=O)N(C)Cc1cc(C#N)nn1C. The van der Waals surface area contributed by atoms with Crippen LogP contribution in [0.3, 0.4) is 0 Å². The number of likely N-dealkylation sites (N-methyl/N-ethyl adjacent to an activating group) is 1. The van der Waals surface area contributed by atoms with Crippen molar-refractivity contribution in [1.29, 1.82) is 5.26 Å². The van der Waals surface area contributed by atoms with Gasteiger partial charge in [0.25, 0.3) is 11.8 Å². The van der Waals surface area contributed by atoms with Gasteiger partial charge in [0, 0.05) is 25.2 Å². The van der Waals surface area contributed by atoms with E-state index in [0.717, 1.165) is 0 Å². The lowest BCUT2D eigenvalue weighted by Crippen LogP contribution is -2.32. The molecule has 2 heterocycles. The summed E-state index contributed by atoms with van der Waals surface area (Å²) in [4.78, 5) is 21.9. The fraction of sp³-hybridized carbons (Fsp3) is 0.278. The average Bonchev–Trinajstić information content (AvgIpc) is 3.06. The van der Waals surface area contributed by atoms with E-state index in [1.807, 2.05) is 6.07 Å². The van der Waals surface area contributed by atoms with Gasteiger partial charge in [-0.15, -0.1) is 0 Å². The Kier molecular flexibility index (Phi) is 7.06. The van der Waals surface area contributed by atoms with Gasteiger partial charge in [0.15, 0.2) is 17.6 Å². The number of ether oxygens (including phenoxy) is 1. The van der Waals surface area contributed by atoms with Gasteiger partial charge in [-0.1, -0.05) is 13.2 Å². The number of nitrogens with zero attached hydrogens (tertiary/aromatic N) is 6. The summed E-state index contributed by atoms with van der Waals surface area (Å²) in [5.41, 5.74) is 6.60. The number of hydrogen-bond acceptors (Lipinski definition) is 7. The third-order valence-corrected chi connectivity index (χ3v) is 4.39. The molecule has 11 heteroatoms. The number of rotatable bonds is 8. The summed E-state index contributed by atoms with van der Waals surface area (Å²) in [5.74, 6) is -0.598. The summed E-state index contributed by atoms with van der Waals surface area (Å²) < 4.78 is 20.9. The predicted molar refractivity (Wildman–Crippen MR) is 107 cm³/mol. The van der Waals surface area contributed by atoms with Gasteiger partial charge in [-0.2, -0.15) is 10.4 Å². The first-order valence-corrected chi connectivity index (χ1v) is 9.04. The van der Waals surface area contributed by atoms with Crippen LogP contribution in [-0.4, -0.2) is 50.4 Å². The maximum atomic E-state index is 13.6. The molecule has 0 aliphatic carbocycles. The molecule has 0 saturated carbocycles. The molecule has 1 unspecified atom stereocenters. The predicted octanol–water partition coefficient (Wildman–Crippen LogP) is 1.91. The molecule has 0 aromatic carbocycles. The number of carbonyl (C=O) groups excluding carboxylic acids is 1. The number of aromatic nitrogens is 4. The van der Waals surface area contributed by atoms with Crippen LogP contribution in [0.1, 0.15) is 11.4 Å². The molecule has 1 amide bonds. The minimum Gasteiger partial charge on any atom is -0.464 e. The minimum absolute atomic E-state index is 0.0284. The Hall–Kier alpha value is -3.26. The largest absolute Gasteiger partial charge is 0.464 e. The van der Waals surface area contributed by atoms with Gasteiger partial charge in [-0.25, -0.2) is 14.4 Å². The van der Waals surface area contributed by atoms with Crippen LogP contribution in [0.2, 0.25) is 0 Å². The van der Waals surface area contributed by atoms with Crippen LogP contribution >= 0.6 is 15.9 Å². The molecule has 0 saturated heterocycles. The summed E-state index contributed by atoms with van der Waals surface area (Å²) in [7, 11) is 3.21. The third kappa shape index (κ3) is 5.17. The number of alkyl halides is 1. The number of nitriles is 1. The number of anilines is 1. The summed E-state index contributed by atoms with van der Waals surface area (Å²) in [5, 5.41) is 12.9. The zero-order chi connectivity index (χ0) is 21.7. The first-order valence-electron chi connectivity index (χ1n) is 8.25. The maximum absolute atomic E-state index is 13.6. The van der Waals surface area contributed by atoms with Gasteiger partial charge in [0.1, 0.15) is 17.3 Å². The molecule has 0 bridgehead atoms. The van der Waals surface area contributed by atoms with E-state index >= 15 is 0 Å². The molecule has 0 fully saturated rings. The molecular weight excluding hydrogens is 445 g/mol. The summed E-state index contributed by atoms with van der Waals surface area (Å²) in [6, 6.07) is 3.51. The molecule has 29 heavy (non-hydrogen) atoms. The van der Waals surface area contributed by atoms with E-state index in [4.69, 9.17) is 15.7 Å². The fourth-order valence-electron chi connectivity index (χ4n) is 2.36. The molecule has 1 atom stereocenters. The molecule has 0 radical (unpaired) electrons. The van der Waals surface area contributed by atoms with E-state index < -0.39 is 18.7 Å². The Morgan fingerprint density at radius 1 is 1.55 bits per heavy atom. The lowest BCUT2D eigenvalue weighted by atomic mass is 10.0. The summed E-state index contributed by atoms with van der Waals surface area (Å²) >= 11 is 3.13. The van der Waals surface area contributed by atoms with Crippen molar-refractivity contribution in [3.05, 3.63) is 52.6 Å². The number of nitrogens with two attached hydrogens (primary N) is 1. The Labute approximate surface area is 175 Å². The molecular formula is C18H19BrFN7O2. The van der Waals surface area contributed by atoms with Gasteiger partial charge in [0.05, 0.1) is 18.4 Å². The lowest BCUT2D eigenvalue weighted by Gasteiger charge is -2.23. The number of halogens is 2. The zero-order valence-electron chi connectivity index (χ0n) is 15.9. The van der Waals surface area contributed by atoms with E-state index in [1.54, 1.807) is 20.2 Å². The van der Waals surface area contributed by atoms with E-state index in [1.165, 1.54) is 15.8 Å². The molecule has 0 aliphatic heterocycles. The molecule has 0 spiro atoms. The fourth-order valence-corrected chi connectivity index (χ4v) is 2.63. The maximum Gasteiger partial charge on any atom is 0.259 e. The van der Waals surface area contributed by atoms with Crippen molar-refractivity contribution >= 4 is 27.7 Å².